The van der Waals surface area contributed by atoms with E-state index in [2.05, 4.69) is 0 Å². The van der Waals surface area contributed by atoms with Crippen LogP contribution in [0.1, 0.15) is 29.3 Å². The molecule has 0 saturated heterocycles. The molecule has 0 spiro atoms. The number of rotatable bonds is 2. The third-order valence-corrected chi connectivity index (χ3v) is 5.40. The first-order chi connectivity index (χ1) is 13.4. The minimum absolute atomic E-state index is 0.0217. The van der Waals surface area contributed by atoms with Gasteiger partial charge in [-0.15, -0.1) is 0 Å². The summed E-state index contributed by atoms with van der Waals surface area (Å²) in [5, 5.41) is 23.5. The molecule has 0 amide bonds. The number of carbonyl (C=O) groups is 2. The average molecular weight is 372 g/mol. The Morgan fingerprint density at radius 1 is 1.04 bits per heavy atom. The van der Waals surface area contributed by atoms with E-state index in [1.165, 1.54) is 13.0 Å². The Labute approximate surface area is 159 Å². The molecule has 1 heterocycles. The van der Waals surface area contributed by atoms with Gasteiger partial charge in [-0.3, -0.25) is 9.59 Å². The van der Waals surface area contributed by atoms with Crippen LogP contribution in [-0.2, 0) is 10.4 Å². The maximum atomic E-state index is 13.4. The summed E-state index contributed by atoms with van der Waals surface area (Å²) in [6, 6.07) is 15.6. The van der Waals surface area contributed by atoms with E-state index in [1.807, 2.05) is 18.2 Å². The van der Waals surface area contributed by atoms with Gasteiger partial charge >= 0.3 is 0 Å². The predicted octanol–water partition coefficient (Wildman–Crippen LogP) is 4.32. The van der Waals surface area contributed by atoms with Gasteiger partial charge in [-0.1, -0.05) is 48.5 Å². The molecule has 1 atom stereocenters. The topological polar surface area (TPSA) is 87.7 Å². The molecule has 5 rings (SSSR count). The van der Waals surface area contributed by atoms with Gasteiger partial charge in [0, 0.05) is 33.7 Å². The van der Waals surface area contributed by atoms with Crippen LogP contribution in [0.5, 0.6) is 5.75 Å². The van der Waals surface area contributed by atoms with Crippen molar-refractivity contribution in [1.82, 2.24) is 0 Å². The molecule has 1 aliphatic carbocycles. The molecule has 3 aromatic carbocycles. The molecule has 0 radical (unpaired) electrons. The van der Waals surface area contributed by atoms with Crippen molar-refractivity contribution in [2.45, 2.75) is 18.9 Å². The third kappa shape index (κ3) is 2.05. The van der Waals surface area contributed by atoms with Crippen LogP contribution >= 0.6 is 0 Å². The first-order valence-electron chi connectivity index (χ1n) is 8.95. The fraction of sp³-hybridized carbons (Fsp3) is 0.130. The second-order valence-electron chi connectivity index (χ2n) is 7.24. The molecule has 0 fully saturated rings. The minimum atomic E-state index is -1.96. The van der Waals surface area contributed by atoms with Gasteiger partial charge in [0.05, 0.1) is 5.56 Å². The van der Waals surface area contributed by atoms with Gasteiger partial charge < -0.3 is 14.6 Å². The van der Waals surface area contributed by atoms with E-state index in [4.69, 9.17) is 4.42 Å². The highest BCUT2D eigenvalue weighted by Gasteiger charge is 2.48. The highest BCUT2D eigenvalue weighted by Crippen LogP contribution is 2.49. The molecule has 2 N–H and O–H groups in total. The molecule has 138 valence electrons. The molecule has 1 aromatic heterocycles. The van der Waals surface area contributed by atoms with Crippen molar-refractivity contribution < 1.29 is 24.2 Å². The number of hydrogen-bond acceptors (Lipinski definition) is 5. The number of phenols is 1. The van der Waals surface area contributed by atoms with Crippen molar-refractivity contribution in [3.8, 4) is 17.1 Å². The van der Waals surface area contributed by atoms with Crippen molar-refractivity contribution in [3.63, 3.8) is 0 Å². The zero-order chi connectivity index (χ0) is 19.6. The molecule has 28 heavy (non-hydrogen) atoms. The van der Waals surface area contributed by atoms with Crippen molar-refractivity contribution >= 4 is 33.3 Å². The lowest BCUT2D eigenvalue weighted by Crippen LogP contribution is -2.40. The van der Waals surface area contributed by atoms with Crippen LogP contribution < -0.4 is 0 Å². The van der Waals surface area contributed by atoms with Gasteiger partial charge in [0.1, 0.15) is 22.9 Å². The average Bonchev–Trinajstić information content (AvgIpc) is 3.06. The summed E-state index contributed by atoms with van der Waals surface area (Å²) in [5.74, 6) is -0.520. The Balaban J connectivity index is 1.94. The van der Waals surface area contributed by atoms with Gasteiger partial charge in [0.2, 0.25) is 5.78 Å². The Kier molecular flexibility index (Phi) is 3.30. The summed E-state index contributed by atoms with van der Waals surface area (Å²) in [5.41, 5.74) is -0.379. The summed E-state index contributed by atoms with van der Waals surface area (Å²) in [6.45, 7) is 1.34. The van der Waals surface area contributed by atoms with E-state index in [0.29, 0.717) is 38.6 Å². The molecule has 0 saturated carbocycles. The Morgan fingerprint density at radius 3 is 2.46 bits per heavy atom. The van der Waals surface area contributed by atoms with Gasteiger partial charge in [-0.05, 0) is 13.0 Å². The van der Waals surface area contributed by atoms with Crippen molar-refractivity contribution in [2.24, 2.45) is 0 Å². The second-order valence-corrected chi connectivity index (χ2v) is 7.24. The largest absolute Gasteiger partial charge is 0.507 e. The monoisotopic (exact) mass is 372 g/mol. The summed E-state index contributed by atoms with van der Waals surface area (Å²) < 4.78 is 6.13. The Morgan fingerprint density at radius 2 is 1.71 bits per heavy atom. The van der Waals surface area contributed by atoms with Crippen molar-refractivity contribution in [3.05, 3.63) is 65.7 Å². The molecule has 1 aliphatic rings. The number of aromatic hydroxyl groups is 1. The van der Waals surface area contributed by atoms with E-state index in [1.54, 1.807) is 30.3 Å². The van der Waals surface area contributed by atoms with Crippen LogP contribution in [0, 0.1) is 0 Å². The van der Waals surface area contributed by atoms with Crippen LogP contribution in [0.15, 0.2) is 59.0 Å². The van der Waals surface area contributed by atoms with E-state index in [0.717, 1.165) is 0 Å². The third-order valence-electron chi connectivity index (χ3n) is 5.40. The molecule has 0 bridgehead atoms. The highest BCUT2D eigenvalue weighted by molar-refractivity contribution is 6.23. The maximum absolute atomic E-state index is 13.4. The van der Waals surface area contributed by atoms with Crippen LogP contribution in [0.4, 0.5) is 0 Å². The zero-order valence-corrected chi connectivity index (χ0v) is 15.0. The lowest BCUT2D eigenvalue weighted by atomic mass is 9.74. The molecule has 4 aromatic rings. The van der Waals surface area contributed by atoms with Gasteiger partial charge in [0.25, 0.3) is 0 Å². The number of furan rings is 1. The number of Topliss-reactive ketones (excluding diaryl/α,β-unsaturated/α-hetero) is 2. The number of ketones is 2. The van der Waals surface area contributed by atoms with Crippen LogP contribution in [0.25, 0.3) is 33.1 Å². The number of fused-ring (bicyclic) bond motifs is 7. The Hall–Kier alpha value is -3.44. The molecule has 0 aliphatic heterocycles. The van der Waals surface area contributed by atoms with Crippen molar-refractivity contribution in [2.75, 3.05) is 0 Å². The highest BCUT2D eigenvalue weighted by atomic mass is 16.3. The quantitative estimate of drug-likeness (QED) is 0.547. The molecular weight excluding hydrogens is 356 g/mol. The number of aliphatic hydroxyl groups is 1. The lowest BCUT2D eigenvalue weighted by molar-refractivity contribution is -0.120. The number of hydrogen-bond donors (Lipinski definition) is 2. The minimum Gasteiger partial charge on any atom is -0.507 e. The molecular formula is C23H16O5. The fourth-order valence-corrected chi connectivity index (χ4v) is 4.22. The van der Waals surface area contributed by atoms with E-state index in [9.17, 15) is 19.8 Å². The number of carbonyl (C=O) groups excluding carboxylic acids is 2. The summed E-state index contributed by atoms with van der Waals surface area (Å²) in [6.07, 6.45) is -0.325. The summed E-state index contributed by atoms with van der Waals surface area (Å²) in [4.78, 5) is 25.3. The predicted molar refractivity (Wildman–Crippen MR) is 104 cm³/mol. The fourth-order valence-electron chi connectivity index (χ4n) is 4.22. The molecule has 5 nitrogen and oxygen atoms in total. The van der Waals surface area contributed by atoms with Gasteiger partial charge in [-0.2, -0.15) is 0 Å². The van der Waals surface area contributed by atoms with Crippen molar-refractivity contribution in [1.29, 1.82) is 0 Å². The first kappa shape index (κ1) is 16.7. The van der Waals surface area contributed by atoms with Crippen LogP contribution in [0.2, 0.25) is 0 Å². The number of phenolic OH excluding ortho intramolecular Hbond substituents is 1. The Bertz CT molecular complexity index is 1310. The number of benzene rings is 3. The van der Waals surface area contributed by atoms with E-state index >= 15 is 0 Å². The smallest absolute Gasteiger partial charge is 0.203 e. The molecule has 0 unspecified atom stereocenters. The van der Waals surface area contributed by atoms with Gasteiger partial charge in [0.15, 0.2) is 5.60 Å². The normalized spacial score (nSPS) is 18.3. The standard InChI is InChI=1S/C23H16O5/c1-12(24)11-23(27)17-9-5-4-8-15(17)21-19(22(23)26)16-10-18(25)13-6-2-3-7-14(13)20(16)28-21/h2-10,25,27H,11H2,1H3/t23-/m1/s1. The zero-order valence-electron chi connectivity index (χ0n) is 15.0. The van der Waals surface area contributed by atoms with Crippen LogP contribution in [-0.4, -0.2) is 21.8 Å². The SMILES string of the molecule is CC(=O)C[C@]1(O)C(=O)c2c(oc3c2cc(O)c2ccccc23)-c2ccccc21. The lowest BCUT2D eigenvalue weighted by Gasteiger charge is -2.31. The maximum Gasteiger partial charge on any atom is 0.203 e. The summed E-state index contributed by atoms with van der Waals surface area (Å²) in [7, 11) is 0. The van der Waals surface area contributed by atoms with Gasteiger partial charge in [-0.25, -0.2) is 0 Å². The van der Waals surface area contributed by atoms with E-state index in [-0.39, 0.29) is 23.5 Å². The second kappa shape index (κ2) is 5.53. The van der Waals surface area contributed by atoms with Crippen LogP contribution in [0.3, 0.4) is 0 Å². The summed E-state index contributed by atoms with van der Waals surface area (Å²) >= 11 is 0. The first-order valence-corrected chi connectivity index (χ1v) is 8.95. The van der Waals surface area contributed by atoms with E-state index < -0.39 is 11.4 Å². The molecule has 5 heteroatoms.